The summed E-state index contributed by atoms with van der Waals surface area (Å²) in [6.45, 7) is 0. The van der Waals surface area contributed by atoms with Crippen LogP contribution in [0.15, 0.2) is 211 Å². The molecule has 0 aliphatic heterocycles. The van der Waals surface area contributed by atoms with Gasteiger partial charge < -0.3 is 18.2 Å². The first kappa shape index (κ1) is 49.5. The second-order valence-corrected chi connectivity index (χ2v) is 21.4. The number of benzene rings is 6. The predicted octanol–water partition coefficient (Wildman–Crippen LogP) is 5.63. The summed E-state index contributed by atoms with van der Waals surface area (Å²) in [5.74, 6) is 0. The molecule has 6 aromatic carbocycles. The van der Waals surface area contributed by atoms with E-state index in [4.69, 9.17) is 0 Å². The van der Waals surface area contributed by atoms with Crippen LogP contribution in [-0.2, 0) is 84.6 Å². The molecular weight excluding hydrogens is 949 g/mol. The third kappa shape index (κ3) is 20.6. The summed E-state index contributed by atoms with van der Waals surface area (Å²) in [7, 11) is -19.8. The fourth-order valence-corrected chi connectivity index (χ4v) is 11.5. The van der Waals surface area contributed by atoms with E-state index in [-0.39, 0.29) is 44.2 Å². The van der Waals surface area contributed by atoms with E-state index in [9.17, 15) is 51.9 Å². The Morgan fingerprint density at radius 2 is 0.404 bits per heavy atom. The maximum atomic E-state index is 9.51. The molecule has 0 fully saturated rings. The van der Waals surface area contributed by atoms with Crippen LogP contribution in [0.4, 0.5) is 0 Å². The maximum absolute atomic E-state index is 9.51. The van der Waals surface area contributed by atoms with Crippen molar-refractivity contribution < 1.29 is 74.3 Å². The molecule has 0 heterocycles. The van der Waals surface area contributed by atoms with Crippen molar-refractivity contribution in [2.45, 2.75) is 29.4 Å². The molecule has 57 heavy (non-hydrogen) atoms. The van der Waals surface area contributed by atoms with Crippen molar-refractivity contribution in [3.63, 3.8) is 0 Å². The summed E-state index contributed by atoms with van der Waals surface area (Å²) in [6, 6.07) is 64.3. The van der Waals surface area contributed by atoms with E-state index < -0.39 is 50.6 Å². The topological polar surface area (TPSA) is 229 Å². The molecular formula is C38H34AgO12S6-2. The van der Waals surface area contributed by atoms with E-state index in [2.05, 4.69) is 182 Å². The van der Waals surface area contributed by atoms with Crippen LogP contribution in [0.2, 0.25) is 0 Å². The Hall–Kier alpha value is -3.60. The van der Waals surface area contributed by atoms with Crippen molar-refractivity contribution in [2.24, 2.45) is 0 Å². The zero-order chi connectivity index (χ0) is 41.2. The molecule has 307 valence electrons. The normalized spacial score (nSPS) is 11.3. The summed E-state index contributed by atoms with van der Waals surface area (Å²) < 4.78 is 114. The molecule has 0 saturated carbocycles. The van der Waals surface area contributed by atoms with Gasteiger partial charge in [-0.15, -0.1) is 0 Å². The van der Waals surface area contributed by atoms with Crippen LogP contribution in [0, 0.1) is 0 Å². The van der Waals surface area contributed by atoms with Gasteiger partial charge in [-0.1, -0.05) is 109 Å². The second kappa shape index (κ2) is 23.7. The molecule has 6 rings (SSSR count). The van der Waals surface area contributed by atoms with Gasteiger partial charge in [0.25, 0.3) is 0 Å². The molecule has 0 aliphatic rings. The van der Waals surface area contributed by atoms with Gasteiger partial charge in [0.1, 0.15) is 50.6 Å². The minimum Gasteiger partial charge on any atom is -0.747 e. The molecule has 6 aromatic rings. The summed E-state index contributed by atoms with van der Waals surface area (Å²) in [4.78, 5) is 8.17. The van der Waals surface area contributed by atoms with Crippen LogP contribution in [0.25, 0.3) is 0 Å². The Morgan fingerprint density at radius 3 is 0.491 bits per heavy atom. The minimum atomic E-state index is -4.93. The summed E-state index contributed by atoms with van der Waals surface area (Å²) >= 11 is 0. The third-order valence-electron chi connectivity index (χ3n) is 6.45. The van der Waals surface area contributed by atoms with Gasteiger partial charge in [-0.05, 0) is 72.8 Å². The zero-order valence-corrected chi connectivity index (χ0v) is 35.8. The quantitative estimate of drug-likeness (QED) is 0.0924. The predicted molar refractivity (Wildman–Crippen MR) is 212 cm³/mol. The second-order valence-electron chi connectivity index (χ2n) is 11.0. The zero-order valence-electron chi connectivity index (χ0n) is 29.4. The van der Waals surface area contributed by atoms with Crippen molar-refractivity contribution in [2.75, 3.05) is 10.2 Å². The first-order chi connectivity index (χ1) is 26.3. The van der Waals surface area contributed by atoms with Crippen molar-refractivity contribution >= 4 is 62.3 Å². The SMILES string of the molecule is O=S(=O)([O-])CS(=O)(=O)[O-].O=S(=O)([O-])CS(=O)(=O)[O-].[Ag].c1ccc([S+](c2ccccc2)c2ccccc2)cc1.c1ccc([S+](c2ccccc2)c2ccccc2)cc1. The van der Waals surface area contributed by atoms with Crippen molar-refractivity contribution in [1.82, 2.24) is 0 Å². The Bertz CT molecular complexity index is 2080. The average molecular weight is 983 g/mol. The fraction of sp³-hybridized carbons (Fsp3) is 0.0526. The number of hydrogen-bond donors (Lipinski definition) is 0. The van der Waals surface area contributed by atoms with E-state index in [1.54, 1.807) is 0 Å². The molecule has 19 heteroatoms. The monoisotopic (exact) mass is 981 g/mol. The van der Waals surface area contributed by atoms with Crippen molar-refractivity contribution in [3.05, 3.63) is 182 Å². The fourth-order valence-electron chi connectivity index (χ4n) is 4.51. The Labute approximate surface area is 355 Å². The van der Waals surface area contributed by atoms with Gasteiger partial charge >= 0.3 is 0 Å². The molecule has 0 N–H and O–H groups in total. The van der Waals surface area contributed by atoms with Gasteiger partial charge in [0, 0.05) is 22.4 Å². The maximum Gasteiger partial charge on any atom is 0.166 e. The van der Waals surface area contributed by atoms with Crippen LogP contribution < -0.4 is 0 Å². The van der Waals surface area contributed by atoms with Crippen molar-refractivity contribution in [3.8, 4) is 0 Å². The van der Waals surface area contributed by atoms with Gasteiger partial charge in [-0.2, -0.15) is 0 Å². The van der Waals surface area contributed by atoms with Crippen molar-refractivity contribution in [1.29, 1.82) is 0 Å². The van der Waals surface area contributed by atoms with Crippen LogP contribution >= 0.6 is 0 Å². The van der Waals surface area contributed by atoms with Crippen LogP contribution in [0.1, 0.15) is 0 Å². The van der Waals surface area contributed by atoms with E-state index in [0.717, 1.165) is 0 Å². The average Bonchev–Trinajstić information content (AvgIpc) is 3.13. The van der Waals surface area contributed by atoms with Gasteiger partial charge in [0.2, 0.25) is 0 Å². The minimum absolute atomic E-state index is 0. The van der Waals surface area contributed by atoms with Crippen LogP contribution in [0.5, 0.6) is 0 Å². The smallest absolute Gasteiger partial charge is 0.166 e. The summed E-state index contributed by atoms with van der Waals surface area (Å²) in [6.07, 6.45) is 0. The first-order valence-corrected chi connectivity index (χ1v) is 24.6. The third-order valence-corrected chi connectivity index (χ3v) is 15.5. The van der Waals surface area contributed by atoms with Gasteiger partial charge in [-0.25, -0.2) is 33.7 Å². The molecule has 0 aromatic heterocycles. The van der Waals surface area contributed by atoms with Gasteiger partial charge in [0.15, 0.2) is 29.4 Å². The summed E-state index contributed by atoms with van der Waals surface area (Å²) in [5.41, 5.74) is 0. The Morgan fingerprint density at radius 1 is 0.281 bits per heavy atom. The molecule has 12 nitrogen and oxygen atoms in total. The van der Waals surface area contributed by atoms with E-state index >= 15 is 0 Å². The first-order valence-electron chi connectivity index (χ1n) is 15.8. The van der Waals surface area contributed by atoms with Gasteiger partial charge in [-0.3, -0.25) is 0 Å². The van der Waals surface area contributed by atoms with E-state index in [1.165, 1.54) is 29.4 Å². The molecule has 1 radical (unpaired) electrons. The van der Waals surface area contributed by atoms with Gasteiger partial charge in [0.05, 0.1) is 21.8 Å². The molecule has 0 spiro atoms. The molecule has 0 amide bonds. The molecule has 0 atom stereocenters. The molecule has 0 aliphatic carbocycles. The molecule has 0 saturated heterocycles. The standard InChI is InChI=1S/2C18H15S.2CH4O6S2.Ag/c2*1-4-10-16(11-5-1)19(17-12-6-2-7-13-17)18-14-8-3-9-15-18;2*2-8(3,4)1-9(5,6)7;/h2*1-15H;2*1H2,(H,2,3,4)(H,5,6,7);/q2*+1;;;/p-4. The Kier molecular flexibility index (Phi) is 20.6. The number of rotatable bonds is 10. The summed E-state index contributed by atoms with van der Waals surface area (Å²) in [5, 5.41) is -3.75. The largest absolute Gasteiger partial charge is 0.747 e. The van der Waals surface area contributed by atoms with E-state index in [0.29, 0.717) is 0 Å². The number of hydrogen-bond acceptors (Lipinski definition) is 12. The Balaban J connectivity index is 0.000000278. The van der Waals surface area contributed by atoms with Crippen LogP contribution in [0.3, 0.4) is 0 Å². The van der Waals surface area contributed by atoms with E-state index in [1.807, 2.05) is 0 Å². The molecule has 0 bridgehead atoms. The molecule has 0 unspecified atom stereocenters. The van der Waals surface area contributed by atoms with Crippen LogP contribution in [-0.4, -0.2) is 62.1 Å².